The van der Waals surface area contributed by atoms with E-state index in [1.165, 1.54) is 98.1 Å². The Morgan fingerprint density at radius 3 is 1.62 bits per heavy atom. The van der Waals surface area contributed by atoms with Gasteiger partial charge in [-0.15, -0.1) is 0 Å². The average molecular weight is 609 g/mol. The second-order valence-electron chi connectivity index (χ2n) is 12.9. The van der Waals surface area contributed by atoms with Gasteiger partial charge in [-0.05, 0) is 80.2 Å². The third-order valence-corrected chi connectivity index (χ3v) is 10.4. The molecule has 0 atom stereocenters. The largest absolute Gasteiger partial charge is 0.309 e. The zero-order chi connectivity index (χ0) is 31.3. The van der Waals surface area contributed by atoms with Crippen LogP contribution in [0, 0.1) is 0 Å². The van der Waals surface area contributed by atoms with Gasteiger partial charge in [0.2, 0.25) is 0 Å². The van der Waals surface area contributed by atoms with Gasteiger partial charge in [0.05, 0.1) is 27.8 Å². The molecule has 0 aliphatic carbocycles. The van der Waals surface area contributed by atoms with E-state index in [4.69, 9.17) is 0 Å². The maximum Gasteiger partial charge on any atom is 0.0549 e. The Labute approximate surface area is 276 Å². The molecule has 0 radical (unpaired) electrons. The molecule has 0 aliphatic rings. The summed E-state index contributed by atoms with van der Waals surface area (Å²) in [6.07, 6.45) is 0. The minimum absolute atomic E-state index is 1.18. The van der Waals surface area contributed by atoms with E-state index in [0.29, 0.717) is 0 Å². The van der Waals surface area contributed by atoms with Gasteiger partial charge in [0, 0.05) is 32.6 Å². The maximum absolute atomic E-state index is 2.50. The molecule has 11 rings (SSSR count). The topological polar surface area (TPSA) is 9.86 Å². The lowest BCUT2D eigenvalue weighted by Crippen LogP contribution is -1.96. The summed E-state index contributed by atoms with van der Waals surface area (Å²) in [7, 11) is 0. The van der Waals surface area contributed by atoms with Crippen molar-refractivity contribution in [1.82, 2.24) is 9.13 Å². The molecule has 9 aromatic carbocycles. The van der Waals surface area contributed by atoms with E-state index in [1.807, 2.05) is 0 Å². The summed E-state index contributed by atoms with van der Waals surface area (Å²) in [5.41, 5.74) is 7.25. The zero-order valence-electron chi connectivity index (χ0n) is 26.1. The second-order valence-corrected chi connectivity index (χ2v) is 12.9. The van der Waals surface area contributed by atoms with Crippen molar-refractivity contribution in [1.29, 1.82) is 0 Å². The molecule has 222 valence electrons. The molecule has 0 spiro atoms. The molecule has 2 heteroatoms. The number of fused-ring (bicyclic) bond motifs is 13. The van der Waals surface area contributed by atoms with Gasteiger partial charge in [-0.3, -0.25) is 0 Å². The molecule has 2 aromatic heterocycles. The summed E-state index contributed by atoms with van der Waals surface area (Å²) in [6, 6.07) is 62.5. The molecular formula is C46H28N2. The number of benzene rings is 9. The van der Waals surface area contributed by atoms with Crippen LogP contribution >= 0.6 is 0 Å². The monoisotopic (exact) mass is 608 g/mol. The molecule has 0 amide bonds. The van der Waals surface area contributed by atoms with Crippen LogP contribution in [0.5, 0.6) is 0 Å². The minimum atomic E-state index is 1.18. The second kappa shape index (κ2) is 9.57. The fourth-order valence-electron chi connectivity index (χ4n) is 8.41. The quantitative estimate of drug-likeness (QED) is 0.173. The van der Waals surface area contributed by atoms with Gasteiger partial charge < -0.3 is 9.13 Å². The molecule has 48 heavy (non-hydrogen) atoms. The van der Waals surface area contributed by atoms with Crippen molar-refractivity contribution < 1.29 is 0 Å². The summed E-state index contributed by atoms with van der Waals surface area (Å²) < 4.78 is 4.95. The fourth-order valence-corrected chi connectivity index (χ4v) is 8.41. The van der Waals surface area contributed by atoms with Gasteiger partial charge >= 0.3 is 0 Å². The van der Waals surface area contributed by atoms with Crippen molar-refractivity contribution in [2.75, 3.05) is 0 Å². The lowest BCUT2D eigenvalue weighted by Gasteiger charge is -2.15. The Hall–Kier alpha value is -6.38. The van der Waals surface area contributed by atoms with E-state index >= 15 is 0 Å². The van der Waals surface area contributed by atoms with Crippen LogP contribution < -0.4 is 0 Å². The zero-order valence-corrected chi connectivity index (χ0v) is 26.1. The number of aromatic nitrogens is 2. The molecule has 2 heterocycles. The van der Waals surface area contributed by atoms with Crippen LogP contribution in [0.15, 0.2) is 170 Å². The van der Waals surface area contributed by atoms with E-state index in [0.717, 1.165) is 0 Å². The minimum Gasteiger partial charge on any atom is -0.309 e. The Bertz CT molecular complexity index is 3120. The van der Waals surface area contributed by atoms with E-state index in [1.54, 1.807) is 0 Å². The van der Waals surface area contributed by atoms with Crippen LogP contribution in [0.4, 0.5) is 0 Å². The smallest absolute Gasteiger partial charge is 0.0549 e. The SMILES string of the molecule is c1ccc2cc(-n3c4ccccc4c4c5c6ccccc6n(-c6cccc7ccc8c9ccccc9ccc8c67)c5ccc43)ccc2c1. The molecule has 2 nitrogen and oxygen atoms in total. The van der Waals surface area contributed by atoms with Crippen molar-refractivity contribution in [3.8, 4) is 11.4 Å². The first-order valence-electron chi connectivity index (χ1n) is 16.6. The first-order valence-corrected chi connectivity index (χ1v) is 16.6. The van der Waals surface area contributed by atoms with Crippen molar-refractivity contribution in [2.45, 2.75) is 0 Å². The molecule has 0 fully saturated rings. The third-order valence-electron chi connectivity index (χ3n) is 10.4. The standard InChI is InChI=1S/C46H28N2/c1-2-12-32-28-33(23-20-29(32)10-1)47-39-17-7-5-15-37(39)45-42(47)26-27-43-46(45)38-16-6-8-18-40(38)48(43)41-19-9-13-31-22-24-35-34-14-4-3-11-30(34)21-25-36(35)44(31)41/h1-28H. The van der Waals surface area contributed by atoms with Gasteiger partial charge in [-0.1, -0.05) is 127 Å². The van der Waals surface area contributed by atoms with Crippen molar-refractivity contribution in [2.24, 2.45) is 0 Å². The number of para-hydroxylation sites is 2. The summed E-state index contributed by atoms with van der Waals surface area (Å²) >= 11 is 0. The fraction of sp³-hybridized carbons (Fsp3) is 0. The van der Waals surface area contributed by atoms with Gasteiger partial charge in [0.15, 0.2) is 0 Å². The number of rotatable bonds is 2. The van der Waals surface area contributed by atoms with Gasteiger partial charge in [-0.25, -0.2) is 0 Å². The van der Waals surface area contributed by atoms with Crippen LogP contribution in [0.2, 0.25) is 0 Å². The molecule has 0 aliphatic heterocycles. The Balaban J connectivity index is 1.29. The summed E-state index contributed by atoms with van der Waals surface area (Å²) in [4.78, 5) is 0. The van der Waals surface area contributed by atoms with Crippen LogP contribution in [0.25, 0.3) is 98.1 Å². The lowest BCUT2D eigenvalue weighted by atomic mass is 9.96. The normalized spacial score (nSPS) is 12.2. The highest BCUT2D eigenvalue weighted by molar-refractivity contribution is 6.29. The highest BCUT2D eigenvalue weighted by atomic mass is 15.0. The Kier molecular flexibility index (Phi) is 5.14. The summed E-state index contributed by atoms with van der Waals surface area (Å²) in [5, 5.41) is 15.3. The van der Waals surface area contributed by atoms with E-state index in [2.05, 4.69) is 179 Å². The summed E-state index contributed by atoms with van der Waals surface area (Å²) in [5.74, 6) is 0. The van der Waals surface area contributed by atoms with Crippen LogP contribution in [-0.4, -0.2) is 9.13 Å². The van der Waals surface area contributed by atoms with Gasteiger partial charge in [0.25, 0.3) is 0 Å². The number of hydrogen-bond donors (Lipinski definition) is 0. The van der Waals surface area contributed by atoms with Gasteiger partial charge in [0.1, 0.15) is 0 Å². The first-order chi connectivity index (χ1) is 23.8. The molecule has 0 saturated carbocycles. The predicted octanol–water partition coefficient (Wildman–Crippen LogP) is 12.5. The van der Waals surface area contributed by atoms with Crippen molar-refractivity contribution in [3.05, 3.63) is 170 Å². The maximum atomic E-state index is 2.50. The van der Waals surface area contributed by atoms with E-state index < -0.39 is 0 Å². The number of nitrogens with zero attached hydrogens (tertiary/aromatic N) is 2. The predicted molar refractivity (Wildman–Crippen MR) is 205 cm³/mol. The van der Waals surface area contributed by atoms with Crippen molar-refractivity contribution >= 4 is 86.7 Å². The van der Waals surface area contributed by atoms with Gasteiger partial charge in [-0.2, -0.15) is 0 Å². The van der Waals surface area contributed by atoms with Crippen LogP contribution in [-0.2, 0) is 0 Å². The highest BCUT2D eigenvalue weighted by Gasteiger charge is 2.21. The molecule has 0 unspecified atom stereocenters. The average Bonchev–Trinajstić information content (AvgIpc) is 3.67. The number of hydrogen-bond acceptors (Lipinski definition) is 0. The Morgan fingerprint density at radius 2 is 0.833 bits per heavy atom. The van der Waals surface area contributed by atoms with Crippen molar-refractivity contribution in [3.63, 3.8) is 0 Å². The van der Waals surface area contributed by atoms with E-state index in [9.17, 15) is 0 Å². The van der Waals surface area contributed by atoms with Crippen LogP contribution in [0.1, 0.15) is 0 Å². The van der Waals surface area contributed by atoms with Crippen LogP contribution in [0.3, 0.4) is 0 Å². The molecule has 11 aromatic rings. The molecule has 0 saturated heterocycles. The molecule has 0 bridgehead atoms. The molecule has 0 N–H and O–H groups in total. The summed E-state index contributed by atoms with van der Waals surface area (Å²) in [6.45, 7) is 0. The first kappa shape index (κ1) is 25.8. The van der Waals surface area contributed by atoms with E-state index in [-0.39, 0.29) is 0 Å². The Morgan fingerprint density at radius 1 is 0.271 bits per heavy atom. The molecular weight excluding hydrogens is 581 g/mol. The highest BCUT2D eigenvalue weighted by Crippen LogP contribution is 2.44. The lowest BCUT2D eigenvalue weighted by molar-refractivity contribution is 1.18. The third kappa shape index (κ3) is 3.41.